The van der Waals surface area contributed by atoms with E-state index in [1.54, 1.807) is 5.38 Å². The van der Waals surface area contributed by atoms with E-state index in [-0.39, 0.29) is 22.0 Å². The number of ether oxygens (including phenoxy) is 1. The normalized spacial score (nSPS) is 22.3. The van der Waals surface area contributed by atoms with Crippen molar-refractivity contribution in [2.75, 3.05) is 4.72 Å². The van der Waals surface area contributed by atoms with Crippen molar-refractivity contribution in [3.8, 4) is 5.75 Å². The van der Waals surface area contributed by atoms with Gasteiger partial charge in [0.1, 0.15) is 22.6 Å². The van der Waals surface area contributed by atoms with E-state index in [4.69, 9.17) is 26.2 Å². The maximum atomic E-state index is 14.5. The lowest BCUT2D eigenvalue weighted by Gasteiger charge is -2.29. The van der Waals surface area contributed by atoms with Gasteiger partial charge in [0.15, 0.2) is 5.13 Å². The summed E-state index contributed by atoms with van der Waals surface area (Å²) < 4.78 is 79.1. The van der Waals surface area contributed by atoms with Crippen LogP contribution in [0.1, 0.15) is 25.7 Å². The number of carboxylic acids is 1. The smallest absolute Gasteiger partial charge is 0.489 e. The van der Waals surface area contributed by atoms with E-state index >= 15 is 0 Å². The van der Waals surface area contributed by atoms with Gasteiger partial charge >= 0.3 is 12.1 Å². The zero-order chi connectivity index (χ0) is 24.4. The molecular formula is C18H18ClF4N3O5S2. The fraction of sp³-hybridized carbons (Fsp3) is 0.444. The Morgan fingerprint density at radius 3 is 2.39 bits per heavy atom. The Labute approximate surface area is 195 Å². The number of alkyl halides is 3. The maximum Gasteiger partial charge on any atom is 0.490 e. The zero-order valence-electron chi connectivity index (χ0n) is 16.6. The summed E-state index contributed by atoms with van der Waals surface area (Å²) in [5.74, 6) is -3.50. The molecule has 2 aliphatic rings. The van der Waals surface area contributed by atoms with E-state index in [0.29, 0.717) is 12.1 Å². The highest BCUT2D eigenvalue weighted by Gasteiger charge is 2.38. The van der Waals surface area contributed by atoms with Crippen LogP contribution in [0.4, 0.5) is 22.7 Å². The third kappa shape index (κ3) is 6.68. The highest BCUT2D eigenvalue weighted by atomic mass is 35.5. The summed E-state index contributed by atoms with van der Waals surface area (Å²) in [6, 6.07) is 2.97. The van der Waals surface area contributed by atoms with Crippen molar-refractivity contribution in [3.63, 3.8) is 0 Å². The Hall–Kier alpha value is -2.16. The van der Waals surface area contributed by atoms with Crippen molar-refractivity contribution >= 4 is 44.1 Å². The molecule has 0 spiro atoms. The van der Waals surface area contributed by atoms with Gasteiger partial charge in [-0.25, -0.2) is 22.6 Å². The van der Waals surface area contributed by atoms with Gasteiger partial charge in [-0.2, -0.15) is 13.2 Å². The van der Waals surface area contributed by atoms with Gasteiger partial charge < -0.3 is 15.2 Å². The molecule has 2 atom stereocenters. The summed E-state index contributed by atoms with van der Waals surface area (Å²) in [4.78, 5) is 12.2. The first kappa shape index (κ1) is 25.5. The molecule has 2 aromatic rings. The van der Waals surface area contributed by atoms with Crippen LogP contribution in [-0.2, 0) is 14.8 Å². The number of rotatable bonds is 5. The van der Waals surface area contributed by atoms with Crippen LogP contribution in [0.2, 0.25) is 5.02 Å². The second kappa shape index (κ2) is 9.99. The number of halogens is 5. The molecule has 2 fully saturated rings. The largest absolute Gasteiger partial charge is 0.490 e. The molecule has 3 N–H and O–H groups in total. The predicted octanol–water partition coefficient (Wildman–Crippen LogP) is 4.03. The summed E-state index contributed by atoms with van der Waals surface area (Å²) in [7, 11) is -4.12. The SMILES string of the molecule is O=C(O)C(F)(F)F.O=S(=O)(Nc1nccs1)c1cc(Cl)c(OC2C[C@@H]3CC[C@@H](C2)N3)cc1F. The molecule has 4 rings (SSSR count). The molecule has 2 bridgehead atoms. The minimum Gasteiger partial charge on any atom is -0.489 e. The number of piperidine rings is 1. The minimum atomic E-state index is -5.08. The minimum absolute atomic E-state index is 0.0541. The number of aromatic nitrogens is 1. The van der Waals surface area contributed by atoms with Crippen LogP contribution in [0, 0.1) is 5.82 Å². The van der Waals surface area contributed by atoms with Crippen LogP contribution in [-0.4, -0.2) is 48.8 Å². The van der Waals surface area contributed by atoms with Crippen LogP contribution < -0.4 is 14.8 Å². The molecule has 0 saturated carbocycles. The van der Waals surface area contributed by atoms with Crippen molar-refractivity contribution < 1.29 is 40.6 Å². The molecule has 1 aromatic heterocycles. The summed E-state index contributed by atoms with van der Waals surface area (Å²) >= 11 is 7.28. The van der Waals surface area contributed by atoms with E-state index < -0.39 is 32.9 Å². The quantitative estimate of drug-likeness (QED) is 0.499. The van der Waals surface area contributed by atoms with Crippen LogP contribution >= 0.6 is 22.9 Å². The second-order valence-corrected chi connectivity index (χ2v) is 10.3. The lowest BCUT2D eigenvalue weighted by molar-refractivity contribution is -0.192. The number of thiazole rings is 1. The van der Waals surface area contributed by atoms with Gasteiger partial charge in [-0.15, -0.1) is 11.3 Å². The van der Waals surface area contributed by atoms with Gasteiger partial charge in [-0.1, -0.05) is 11.6 Å². The Morgan fingerprint density at radius 1 is 1.27 bits per heavy atom. The summed E-state index contributed by atoms with van der Waals surface area (Å²) in [5.41, 5.74) is 0. The Bertz CT molecular complexity index is 1090. The number of aliphatic carboxylic acids is 1. The Morgan fingerprint density at radius 2 is 1.88 bits per heavy atom. The van der Waals surface area contributed by atoms with E-state index in [1.165, 1.54) is 6.20 Å². The van der Waals surface area contributed by atoms with Crippen LogP contribution in [0.3, 0.4) is 0 Å². The first-order valence-corrected chi connectivity index (χ1v) is 12.2. The Balaban J connectivity index is 0.000000383. The standard InChI is InChI=1S/C16H17ClFN3O3S2.C2HF3O2/c17-12-7-15(26(22,23)21-16-19-3-4-25-16)13(18)8-14(12)24-11-5-9-1-2-10(6-11)20-9;3-2(4,5)1(6)7/h3-4,7-11,20H,1-2,5-6H2,(H,19,21);(H,6,7)/t9-,10-;/m0./s1. The number of benzene rings is 1. The van der Waals surface area contributed by atoms with Gasteiger partial charge in [0.05, 0.1) is 5.02 Å². The Kier molecular flexibility index (Phi) is 7.71. The van der Waals surface area contributed by atoms with Gasteiger partial charge in [0.2, 0.25) is 0 Å². The molecule has 1 aromatic carbocycles. The third-order valence-corrected chi connectivity index (χ3v) is 7.36. The topological polar surface area (TPSA) is 118 Å². The van der Waals surface area contributed by atoms with Crippen LogP contribution in [0.5, 0.6) is 5.75 Å². The van der Waals surface area contributed by atoms with Gasteiger partial charge in [0, 0.05) is 29.7 Å². The van der Waals surface area contributed by atoms with Crippen molar-refractivity contribution in [1.82, 2.24) is 10.3 Å². The number of hydrogen-bond donors (Lipinski definition) is 3. The van der Waals surface area contributed by atoms with Crippen LogP contribution in [0.25, 0.3) is 0 Å². The van der Waals surface area contributed by atoms with Crippen LogP contribution in [0.15, 0.2) is 28.6 Å². The molecule has 2 saturated heterocycles. The second-order valence-electron chi connectivity index (χ2n) is 7.31. The van der Waals surface area contributed by atoms with Crippen molar-refractivity contribution in [2.24, 2.45) is 0 Å². The lowest BCUT2D eigenvalue weighted by atomic mass is 10.0. The van der Waals surface area contributed by atoms with E-state index in [0.717, 1.165) is 49.2 Å². The molecule has 0 amide bonds. The average Bonchev–Trinajstić information content (AvgIpc) is 3.32. The van der Waals surface area contributed by atoms with Crippen molar-refractivity contribution in [2.45, 2.75) is 54.9 Å². The van der Waals surface area contributed by atoms with E-state index in [1.807, 2.05) is 0 Å². The first-order valence-electron chi connectivity index (χ1n) is 9.49. The molecule has 0 aliphatic carbocycles. The first-order chi connectivity index (χ1) is 15.3. The molecule has 2 aliphatic heterocycles. The van der Waals surface area contributed by atoms with Gasteiger partial charge in [0.25, 0.3) is 10.0 Å². The molecule has 0 unspecified atom stereocenters. The molecule has 0 radical (unpaired) electrons. The van der Waals surface area contributed by atoms with Gasteiger partial charge in [-0.3, -0.25) is 4.72 Å². The molecule has 15 heteroatoms. The average molecular weight is 532 g/mol. The molecule has 3 heterocycles. The number of fused-ring (bicyclic) bond motifs is 2. The van der Waals surface area contributed by atoms with E-state index in [9.17, 15) is 26.0 Å². The van der Waals surface area contributed by atoms with Crippen molar-refractivity contribution in [3.05, 3.63) is 34.5 Å². The number of nitrogens with one attached hydrogen (secondary N) is 2. The number of carbonyl (C=O) groups is 1. The highest BCUT2D eigenvalue weighted by molar-refractivity contribution is 7.93. The molecular weight excluding hydrogens is 514 g/mol. The lowest BCUT2D eigenvalue weighted by Crippen LogP contribution is -2.42. The number of anilines is 1. The number of hydrogen-bond acceptors (Lipinski definition) is 7. The fourth-order valence-electron chi connectivity index (χ4n) is 3.53. The molecule has 182 valence electrons. The van der Waals surface area contributed by atoms with Crippen molar-refractivity contribution in [1.29, 1.82) is 0 Å². The predicted molar refractivity (Wildman–Crippen MR) is 112 cm³/mol. The molecule has 8 nitrogen and oxygen atoms in total. The maximum absolute atomic E-state index is 14.5. The third-order valence-electron chi connectivity index (χ3n) is 4.90. The highest BCUT2D eigenvalue weighted by Crippen LogP contribution is 2.35. The fourth-order valence-corrected chi connectivity index (χ4v) is 5.68. The summed E-state index contributed by atoms with van der Waals surface area (Å²) in [6.07, 6.45) is 0.217. The number of carboxylic acid groups (broad SMARTS) is 1. The van der Waals surface area contributed by atoms with Gasteiger partial charge in [-0.05, 0) is 31.7 Å². The molecule has 33 heavy (non-hydrogen) atoms. The number of sulfonamides is 1. The number of nitrogens with zero attached hydrogens (tertiary/aromatic N) is 1. The monoisotopic (exact) mass is 531 g/mol. The zero-order valence-corrected chi connectivity index (χ0v) is 19.0. The van der Waals surface area contributed by atoms with E-state index in [2.05, 4.69) is 15.0 Å². The summed E-state index contributed by atoms with van der Waals surface area (Å²) in [5, 5.41) is 12.5. The summed E-state index contributed by atoms with van der Waals surface area (Å²) in [6.45, 7) is 0.